The van der Waals surface area contributed by atoms with Crippen molar-refractivity contribution in [3.05, 3.63) is 52.3 Å². The van der Waals surface area contributed by atoms with Crippen molar-refractivity contribution in [2.24, 2.45) is 0 Å². The molecule has 21 heavy (non-hydrogen) atoms. The van der Waals surface area contributed by atoms with Gasteiger partial charge in [-0.05, 0) is 40.5 Å². The highest BCUT2D eigenvalue weighted by Crippen LogP contribution is 2.27. The van der Waals surface area contributed by atoms with Gasteiger partial charge in [0.1, 0.15) is 17.5 Å². The standard InChI is InChI=1S/C16H17BrN2O2/c1-2-19-10-12(17)8-14(19)16(20)18-9-13-7-11-5-3-4-6-15(11)21-13/h3-6,8,10,13H,2,7,9H2,1H3,(H,18,20). The number of hydrogen-bond donors (Lipinski definition) is 1. The lowest BCUT2D eigenvalue weighted by atomic mass is 10.1. The molecule has 1 amide bonds. The summed E-state index contributed by atoms with van der Waals surface area (Å²) in [6, 6.07) is 9.84. The molecule has 0 aliphatic carbocycles. The number of aryl methyl sites for hydroxylation is 1. The first-order valence-electron chi connectivity index (χ1n) is 7.06. The molecule has 0 spiro atoms. The van der Waals surface area contributed by atoms with Gasteiger partial charge in [0, 0.05) is 23.6 Å². The predicted octanol–water partition coefficient (Wildman–Crippen LogP) is 3.00. The number of amides is 1. The van der Waals surface area contributed by atoms with Crippen LogP contribution in [0.1, 0.15) is 23.0 Å². The zero-order valence-corrected chi connectivity index (χ0v) is 13.4. The van der Waals surface area contributed by atoms with E-state index in [1.54, 1.807) is 0 Å². The van der Waals surface area contributed by atoms with Crippen molar-refractivity contribution in [1.29, 1.82) is 0 Å². The minimum absolute atomic E-state index is 0.0137. The molecule has 2 heterocycles. The van der Waals surface area contributed by atoms with Crippen LogP contribution >= 0.6 is 15.9 Å². The van der Waals surface area contributed by atoms with Crippen molar-refractivity contribution in [3.8, 4) is 5.75 Å². The Morgan fingerprint density at radius 1 is 1.48 bits per heavy atom. The lowest BCUT2D eigenvalue weighted by Crippen LogP contribution is -2.35. The van der Waals surface area contributed by atoms with E-state index in [4.69, 9.17) is 4.74 Å². The predicted molar refractivity (Wildman–Crippen MR) is 84.7 cm³/mol. The Balaban J connectivity index is 1.60. The van der Waals surface area contributed by atoms with Gasteiger partial charge in [-0.2, -0.15) is 0 Å². The largest absolute Gasteiger partial charge is 0.488 e. The number of halogens is 1. The first-order valence-corrected chi connectivity index (χ1v) is 7.85. The Labute approximate surface area is 132 Å². The van der Waals surface area contributed by atoms with E-state index < -0.39 is 0 Å². The van der Waals surface area contributed by atoms with Crippen molar-refractivity contribution >= 4 is 21.8 Å². The highest BCUT2D eigenvalue weighted by Gasteiger charge is 2.23. The number of hydrogen-bond acceptors (Lipinski definition) is 2. The summed E-state index contributed by atoms with van der Waals surface area (Å²) < 4.78 is 8.66. The van der Waals surface area contributed by atoms with Crippen LogP contribution in [0.25, 0.3) is 0 Å². The maximum atomic E-state index is 12.3. The summed E-state index contributed by atoms with van der Waals surface area (Å²) in [5, 5.41) is 2.96. The number of para-hydroxylation sites is 1. The maximum absolute atomic E-state index is 12.3. The maximum Gasteiger partial charge on any atom is 0.268 e. The van der Waals surface area contributed by atoms with E-state index in [0.29, 0.717) is 12.2 Å². The summed E-state index contributed by atoms with van der Waals surface area (Å²) >= 11 is 3.40. The van der Waals surface area contributed by atoms with Gasteiger partial charge in [0.15, 0.2) is 0 Å². The molecule has 0 fully saturated rings. The lowest BCUT2D eigenvalue weighted by Gasteiger charge is -2.12. The Morgan fingerprint density at radius 3 is 3.05 bits per heavy atom. The van der Waals surface area contributed by atoms with E-state index in [2.05, 4.69) is 27.3 Å². The molecule has 1 aliphatic rings. The molecule has 1 aromatic heterocycles. The second-order valence-corrected chi connectivity index (χ2v) is 6.01. The quantitative estimate of drug-likeness (QED) is 0.922. The van der Waals surface area contributed by atoms with Gasteiger partial charge in [-0.15, -0.1) is 0 Å². The fourth-order valence-corrected chi connectivity index (χ4v) is 3.06. The van der Waals surface area contributed by atoms with Crippen LogP contribution in [0.5, 0.6) is 5.75 Å². The van der Waals surface area contributed by atoms with Crippen molar-refractivity contribution in [2.45, 2.75) is 26.0 Å². The highest BCUT2D eigenvalue weighted by atomic mass is 79.9. The summed E-state index contributed by atoms with van der Waals surface area (Å²) in [5.41, 5.74) is 1.87. The minimum Gasteiger partial charge on any atom is -0.488 e. The average molecular weight is 349 g/mol. The molecule has 0 radical (unpaired) electrons. The molecule has 0 bridgehead atoms. The highest BCUT2D eigenvalue weighted by molar-refractivity contribution is 9.10. The molecule has 5 heteroatoms. The van der Waals surface area contributed by atoms with Gasteiger partial charge in [-0.25, -0.2) is 0 Å². The fourth-order valence-electron chi connectivity index (χ4n) is 2.59. The number of benzene rings is 1. The monoisotopic (exact) mass is 348 g/mol. The van der Waals surface area contributed by atoms with Crippen LogP contribution in [0.3, 0.4) is 0 Å². The van der Waals surface area contributed by atoms with Crippen LogP contribution in [0.2, 0.25) is 0 Å². The van der Waals surface area contributed by atoms with Gasteiger partial charge in [0.2, 0.25) is 0 Å². The zero-order valence-electron chi connectivity index (χ0n) is 11.8. The smallest absolute Gasteiger partial charge is 0.268 e. The summed E-state index contributed by atoms with van der Waals surface area (Å²) in [7, 11) is 0. The van der Waals surface area contributed by atoms with Crippen LogP contribution in [0, 0.1) is 0 Å². The summed E-state index contributed by atoms with van der Waals surface area (Å²) in [6.07, 6.45) is 2.77. The molecule has 1 unspecified atom stereocenters. The van der Waals surface area contributed by atoms with E-state index >= 15 is 0 Å². The van der Waals surface area contributed by atoms with Crippen LogP contribution in [-0.2, 0) is 13.0 Å². The number of fused-ring (bicyclic) bond motifs is 1. The second-order valence-electron chi connectivity index (χ2n) is 5.09. The van der Waals surface area contributed by atoms with E-state index in [0.717, 1.165) is 23.2 Å². The third-order valence-electron chi connectivity index (χ3n) is 3.64. The average Bonchev–Trinajstić information content (AvgIpc) is 3.07. The topological polar surface area (TPSA) is 43.3 Å². The first-order chi connectivity index (χ1) is 10.2. The van der Waals surface area contributed by atoms with Crippen LogP contribution in [-0.4, -0.2) is 23.1 Å². The van der Waals surface area contributed by atoms with Gasteiger partial charge in [-0.3, -0.25) is 4.79 Å². The van der Waals surface area contributed by atoms with Gasteiger partial charge < -0.3 is 14.6 Å². The van der Waals surface area contributed by atoms with Gasteiger partial charge in [-0.1, -0.05) is 18.2 Å². The van der Waals surface area contributed by atoms with Crippen molar-refractivity contribution in [1.82, 2.24) is 9.88 Å². The fraction of sp³-hybridized carbons (Fsp3) is 0.312. The number of carbonyl (C=O) groups excluding carboxylic acids is 1. The number of carbonyl (C=O) groups is 1. The molecule has 4 nitrogen and oxygen atoms in total. The molecular weight excluding hydrogens is 332 g/mol. The molecule has 110 valence electrons. The molecule has 1 aromatic carbocycles. The normalized spacial score (nSPS) is 16.4. The van der Waals surface area contributed by atoms with E-state index in [9.17, 15) is 4.79 Å². The minimum atomic E-state index is -0.0675. The number of rotatable bonds is 4. The molecule has 1 N–H and O–H groups in total. The van der Waals surface area contributed by atoms with E-state index in [1.807, 2.05) is 42.0 Å². The molecule has 0 saturated carbocycles. The zero-order chi connectivity index (χ0) is 14.8. The van der Waals surface area contributed by atoms with E-state index in [1.165, 1.54) is 5.56 Å². The van der Waals surface area contributed by atoms with E-state index in [-0.39, 0.29) is 12.0 Å². The van der Waals surface area contributed by atoms with Crippen molar-refractivity contribution in [3.63, 3.8) is 0 Å². The summed E-state index contributed by atoms with van der Waals surface area (Å²) in [4.78, 5) is 12.3. The Hall–Kier alpha value is -1.75. The molecule has 3 rings (SSSR count). The second kappa shape index (κ2) is 5.93. The first kappa shape index (κ1) is 14.2. The number of ether oxygens (including phenoxy) is 1. The molecule has 1 atom stereocenters. The van der Waals surface area contributed by atoms with Gasteiger partial charge in [0.05, 0.1) is 6.54 Å². The third kappa shape index (κ3) is 2.97. The van der Waals surface area contributed by atoms with Crippen molar-refractivity contribution < 1.29 is 9.53 Å². The lowest BCUT2D eigenvalue weighted by molar-refractivity contribution is 0.0924. The van der Waals surface area contributed by atoms with Crippen LogP contribution in [0.4, 0.5) is 0 Å². The summed E-state index contributed by atoms with van der Waals surface area (Å²) in [5.74, 6) is 0.860. The SMILES string of the molecule is CCn1cc(Br)cc1C(=O)NCC1Cc2ccccc2O1. The molecule has 2 aromatic rings. The molecule has 0 saturated heterocycles. The Kier molecular flexibility index (Phi) is 4.01. The number of aromatic nitrogens is 1. The van der Waals surface area contributed by atoms with Crippen molar-refractivity contribution in [2.75, 3.05) is 6.54 Å². The molecular formula is C16H17BrN2O2. The Bertz CT molecular complexity index is 641. The van der Waals surface area contributed by atoms with Gasteiger partial charge >= 0.3 is 0 Å². The number of nitrogens with zero attached hydrogens (tertiary/aromatic N) is 1. The summed E-state index contributed by atoms with van der Waals surface area (Å²) in [6.45, 7) is 3.29. The van der Waals surface area contributed by atoms with Crippen LogP contribution in [0.15, 0.2) is 41.0 Å². The Morgan fingerprint density at radius 2 is 2.29 bits per heavy atom. The van der Waals surface area contributed by atoms with Crippen LogP contribution < -0.4 is 10.1 Å². The van der Waals surface area contributed by atoms with Gasteiger partial charge in [0.25, 0.3) is 5.91 Å². The third-order valence-corrected chi connectivity index (χ3v) is 4.07. The molecule has 1 aliphatic heterocycles. The number of nitrogens with one attached hydrogen (secondary N) is 1.